The quantitative estimate of drug-likeness (QED) is 0.749. The summed E-state index contributed by atoms with van der Waals surface area (Å²) in [6, 6.07) is 6.23. The molecule has 3 N–H and O–H groups in total. The van der Waals surface area contributed by atoms with E-state index in [2.05, 4.69) is 0 Å². The summed E-state index contributed by atoms with van der Waals surface area (Å²) < 4.78 is 25.6. The van der Waals surface area contributed by atoms with E-state index in [1.54, 1.807) is 24.3 Å². The molecule has 0 radical (unpaired) electrons. The van der Waals surface area contributed by atoms with Crippen LogP contribution in [0, 0.1) is 0 Å². The highest BCUT2D eigenvalue weighted by Gasteiger charge is 2.27. The van der Waals surface area contributed by atoms with Crippen LogP contribution in [0.15, 0.2) is 24.3 Å². The molecule has 0 aromatic heterocycles. The molecule has 0 unspecified atom stereocenters. The maximum absolute atomic E-state index is 12.8. The van der Waals surface area contributed by atoms with Gasteiger partial charge in [0, 0.05) is 23.4 Å². The van der Waals surface area contributed by atoms with E-state index in [9.17, 15) is 18.4 Å². The first-order valence-corrected chi connectivity index (χ1v) is 6.35. The number of halogens is 4. The largest absolute Gasteiger partial charge is 0.350 e. The second-order valence-electron chi connectivity index (χ2n) is 4.27. The number of hydrogen-bond acceptors (Lipinski definition) is 3. The molecule has 0 fully saturated rings. The van der Waals surface area contributed by atoms with E-state index in [1.807, 2.05) is 5.32 Å². The molecule has 0 saturated heterocycles. The van der Waals surface area contributed by atoms with Crippen molar-refractivity contribution in [3.8, 4) is 0 Å². The van der Waals surface area contributed by atoms with Crippen molar-refractivity contribution in [3.63, 3.8) is 0 Å². The van der Waals surface area contributed by atoms with Crippen LogP contribution in [0.2, 0.25) is 5.02 Å². The van der Waals surface area contributed by atoms with Crippen molar-refractivity contribution in [1.29, 1.82) is 0 Å². The predicted molar refractivity (Wildman–Crippen MR) is 79.3 cm³/mol. The topological polar surface area (TPSA) is 72.2 Å². The highest BCUT2D eigenvalue weighted by atomic mass is 35.5. The Bertz CT molecular complexity index is 482. The zero-order valence-electron chi connectivity index (χ0n) is 11.1. The van der Waals surface area contributed by atoms with Crippen molar-refractivity contribution >= 4 is 35.7 Å². The summed E-state index contributed by atoms with van der Waals surface area (Å²) in [4.78, 5) is 23.1. The number of carbonyl (C=O) groups excluding carboxylic acids is 2. The molecule has 1 amide bonds. The highest BCUT2D eigenvalue weighted by Crippen LogP contribution is 2.12. The van der Waals surface area contributed by atoms with Crippen molar-refractivity contribution in [3.05, 3.63) is 34.9 Å². The van der Waals surface area contributed by atoms with Crippen LogP contribution in [0.25, 0.3) is 0 Å². The summed E-state index contributed by atoms with van der Waals surface area (Å²) in [6.07, 6.45) is -0.205. The lowest BCUT2D eigenvalue weighted by Crippen LogP contribution is -2.41. The number of carbonyl (C=O) groups is 2. The third-order valence-corrected chi connectivity index (χ3v) is 2.84. The number of ketones is 1. The van der Waals surface area contributed by atoms with Crippen molar-refractivity contribution in [2.24, 2.45) is 5.73 Å². The Kier molecular flexibility index (Phi) is 8.39. The van der Waals surface area contributed by atoms with Gasteiger partial charge in [-0.15, -0.1) is 12.4 Å². The Hall–Kier alpha value is -1.24. The number of hydrogen-bond donors (Lipinski definition) is 2. The first-order chi connectivity index (χ1) is 9.34. The average molecular weight is 341 g/mol. The van der Waals surface area contributed by atoms with E-state index in [-0.39, 0.29) is 31.0 Å². The van der Waals surface area contributed by atoms with Gasteiger partial charge in [0.25, 0.3) is 5.92 Å². The van der Waals surface area contributed by atoms with Crippen LogP contribution < -0.4 is 11.1 Å². The summed E-state index contributed by atoms with van der Waals surface area (Å²) >= 11 is 5.68. The second-order valence-corrected chi connectivity index (χ2v) is 4.70. The Balaban J connectivity index is 0.00000400. The molecule has 0 aliphatic rings. The predicted octanol–water partition coefficient (Wildman–Crippen LogP) is 2.43. The standard InChI is InChI=1S/C13H15ClF2N2O2.ClH/c14-10-3-1-9(2-4-10)11(19)5-6-12(20)18-8-13(15,16)7-17;/h1-4H,5-8,17H2,(H,18,20);1H. The minimum absolute atomic E-state index is 0. The maximum atomic E-state index is 12.8. The van der Waals surface area contributed by atoms with E-state index in [0.717, 1.165) is 0 Å². The molecular formula is C13H16Cl2F2N2O2. The monoisotopic (exact) mass is 340 g/mol. The molecule has 0 saturated carbocycles. The number of benzene rings is 1. The summed E-state index contributed by atoms with van der Waals surface area (Å²) in [7, 11) is 0. The summed E-state index contributed by atoms with van der Waals surface area (Å²) in [5.74, 6) is -3.99. The number of amides is 1. The molecule has 1 rings (SSSR count). The maximum Gasteiger partial charge on any atom is 0.277 e. The molecule has 4 nitrogen and oxygen atoms in total. The number of alkyl halides is 2. The van der Waals surface area contributed by atoms with Gasteiger partial charge in [-0.05, 0) is 24.3 Å². The second kappa shape index (κ2) is 8.92. The minimum atomic E-state index is -3.13. The third-order valence-electron chi connectivity index (χ3n) is 2.59. The average Bonchev–Trinajstić information content (AvgIpc) is 2.43. The van der Waals surface area contributed by atoms with Crippen LogP contribution in [0.5, 0.6) is 0 Å². The van der Waals surface area contributed by atoms with Gasteiger partial charge < -0.3 is 11.1 Å². The number of Topliss-reactive ketones (excluding diaryl/α,β-unsaturated/α-hetero) is 1. The Morgan fingerprint density at radius 2 is 1.76 bits per heavy atom. The van der Waals surface area contributed by atoms with Crippen LogP contribution in [0.3, 0.4) is 0 Å². The van der Waals surface area contributed by atoms with Gasteiger partial charge in [-0.1, -0.05) is 11.6 Å². The van der Waals surface area contributed by atoms with E-state index in [1.165, 1.54) is 0 Å². The zero-order chi connectivity index (χ0) is 15.2. The Morgan fingerprint density at radius 1 is 1.19 bits per heavy atom. The molecule has 21 heavy (non-hydrogen) atoms. The van der Waals surface area contributed by atoms with E-state index >= 15 is 0 Å². The lowest BCUT2D eigenvalue weighted by atomic mass is 10.1. The molecule has 8 heteroatoms. The lowest BCUT2D eigenvalue weighted by Gasteiger charge is -2.14. The lowest BCUT2D eigenvalue weighted by molar-refractivity contribution is -0.122. The molecule has 0 heterocycles. The minimum Gasteiger partial charge on any atom is -0.350 e. The molecule has 1 aromatic rings. The Labute approximate surface area is 132 Å². The molecule has 0 spiro atoms. The van der Waals surface area contributed by atoms with Gasteiger partial charge in [-0.3, -0.25) is 9.59 Å². The first-order valence-electron chi connectivity index (χ1n) is 5.97. The van der Waals surface area contributed by atoms with Crippen molar-refractivity contribution in [2.45, 2.75) is 18.8 Å². The van der Waals surface area contributed by atoms with Crippen molar-refractivity contribution in [2.75, 3.05) is 13.1 Å². The molecule has 0 atom stereocenters. The number of nitrogens with two attached hydrogens (primary N) is 1. The summed E-state index contributed by atoms with van der Waals surface area (Å²) in [6.45, 7) is -1.66. The zero-order valence-corrected chi connectivity index (χ0v) is 12.6. The summed E-state index contributed by atoms with van der Waals surface area (Å²) in [5.41, 5.74) is 5.26. The SMILES string of the molecule is Cl.NCC(F)(F)CNC(=O)CCC(=O)c1ccc(Cl)cc1. The van der Waals surface area contributed by atoms with Gasteiger partial charge in [0.2, 0.25) is 5.91 Å². The van der Waals surface area contributed by atoms with E-state index in [0.29, 0.717) is 10.6 Å². The fraction of sp³-hybridized carbons (Fsp3) is 0.385. The van der Waals surface area contributed by atoms with Crippen LogP contribution in [0.4, 0.5) is 8.78 Å². The fourth-order valence-electron chi connectivity index (χ4n) is 1.40. The van der Waals surface area contributed by atoms with Crippen LogP contribution >= 0.6 is 24.0 Å². The van der Waals surface area contributed by atoms with Gasteiger partial charge >= 0.3 is 0 Å². The smallest absolute Gasteiger partial charge is 0.277 e. The molecular weight excluding hydrogens is 325 g/mol. The van der Waals surface area contributed by atoms with E-state index in [4.69, 9.17) is 17.3 Å². The molecule has 0 aliphatic carbocycles. The van der Waals surface area contributed by atoms with E-state index < -0.39 is 24.9 Å². The van der Waals surface area contributed by atoms with Gasteiger partial charge in [0.05, 0.1) is 13.1 Å². The number of rotatable bonds is 7. The molecule has 1 aromatic carbocycles. The van der Waals surface area contributed by atoms with Gasteiger partial charge in [-0.2, -0.15) is 0 Å². The third kappa shape index (κ3) is 7.36. The highest BCUT2D eigenvalue weighted by molar-refractivity contribution is 6.30. The van der Waals surface area contributed by atoms with Gasteiger partial charge in [0.15, 0.2) is 5.78 Å². The molecule has 0 aliphatic heterocycles. The Morgan fingerprint density at radius 3 is 2.29 bits per heavy atom. The normalized spacial score (nSPS) is 10.7. The van der Waals surface area contributed by atoms with Gasteiger partial charge in [-0.25, -0.2) is 8.78 Å². The van der Waals surface area contributed by atoms with Crippen molar-refractivity contribution < 1.29 is 18.4 Å². The van der Waals surface area contributed by atoms with Crippen molar-refractivity contribution in [1.82, 2.24) is 5.32 Å². The summed E-state index contributed by atoms with van der Waals surface area (Å²) in [5, 5.41) is 2.55. The van der Waals surface area contributed by atoms with Crippen LogP contribution in [0.1, 0.15) is 23.2 Å². The number of nitrogens with one attached hydrogen (secondary N) is 1. The van der Waals surface area contributed by atoms with Gasteiger partial charge in [0.1, 0.15) is 0 Å². The molecule has 0 bridgehead atoms. The fourth-order valence-corrected chi connectivity index (χ4v) is 1.52. The van der Waals surface area contributed by atoms with Crippen LogP contribution in [-0.4, -0.2) is 30.7 Å². The van der Waals surface area contributed by atoms with Crippen LogP contribution in [-0.2, 0) is 4.79 Å². The first kappa shape index (κ1) is 19.8. The molecule has 118 valence electrons.